The van der Waals surface area contributed by atoms with E-state index in [9.17, 15) is 14.9 Å². The fourth-order valence-electron chi connectivity index (χ4n) is 2.38. The molecule has 2 rings (SSSR count). The Kier molecular flexibility index (Phi) is 6.19. The van der Waals surface area contributed by atoms with Crippen LogP contribution in [0.2, 0.25) is 0 Å². The number of nitrogens with zero attached hydrogens (tertiary/aromatic N) is 1. The van der Waals surface area contributed by atoms with Gasteiger partial charge in [-0.15, -0.1) is 10.1 Å². The summed E-state index contributed by atoms with van der Waals surface area (Å²) in [5, 5.41) is 12.0. The molecule has 1 amide bonds. The first-order valence-corrected chi connectivity index (χ1v) is 7.65. The molecule has 2 atom stereocenters. The Hall–Kier alpha value is -2.55. The summed E-state index contributed by atoms with van der Waals surface area (Å²) in [6.07, 6.45) is 1.16. The van der Waals surface area contributed by atoms with E-state index in [1.165, 1.54) is 0 Å². The van der Waals surface area contributed by atoms with E-state index in [4.69, 9.17) is 15.2 Å². The molecule has 3 N–H and O–H groups in total. The van der Waals surface area contributed by atoms with Crippen LogP contribution in [0, 0.1) is 10.1 Å². The molecule has 1 aromatic carbocycles. The number of ether oxygens (including phenoxy) is 2. The van der Waals surface area contributed by atoms with Gasteiger partial charge in [-0.3, -0.25) is 4.79 Å². The minimum Gasteiger partial charge on any atom is -0.454 e. The van der Waals surface area contributed by atoms with Gasteiger partial charge in [0.1, 0.15) is 6.61 Å². The van der Waals surface area contributed by atoms with Crippen LogP contribution in [0.3, 0.4) is 0 Å². The number of nitrogens with two attached hydrogens (primary N) is 1. The Morgan fingerprint density at radius 3 is 2.96 bits per heavy atom. The molecule has 132 valence electrons. The summed E-state index contributed by atoms with van der Waals surface area (Å²) in [5.41, 5.74) is 6.67. The topological polar surface area (TPSA) is 126 Å². The van der Waals surface area contributed by atoms with Gasteiger partial charge in [-0.05, 0) is 37.5 Å². The molecule has 9 nitrogen and oxygen atoms in total. The Bertz CT molecular complexity index is 595. The monoisotopic (exact) mass is 339 g/mol. The smallest absolute Gasteiger partial charge is 0.294 e. The zero-order valence-corrected chi connectivity index (χ0v) is 13.4. The number of hydrogen-bond acceptors (Lipinski definition) is 7. The summed E-state index contributed by atoms with van der Waals surface area (Å²) in [5.74, 6) is 1.28. The molecule has 0 aliphatic carbocycles. The minimum atomic E-state index is -0.895. The number of hydrogen-bond donors (Lipinski definition) is 2. The van der Waals surface area contributed by atoms with Crippen molar-refractivity contribution >= 4 is 5.91 Å². The summed E-state index contributed by atoms with van der Waals surface area (Å²) >= 11 is 0. The van der Waals surface area contributed by atoms with E-state index in [0.717, 1.165) is 11.3 Å². The highest BCUT2D eigenvalue weighted by Crippen LogP contribution is 2.32. The van der Waals surface area contributed by atoms with Crippen LogP contribution in [0.15, 0.2) is 18.2 Å². The lowest BCUT2D eigenvalue weighted by Gasteiger charge is -2.15. The van der Waals surface area contributed by atoms with Crippen LogP contribution >= 0.6 is 0 Å². The number of nitrogens with one attached hydrogen (secondary N) is 1. The van der Waals surface area contributed by atoms with E-state index in [2.05, 4.69) is 10.2 Å². The maximum absolute atomic E-state index is 11.9. The van der Waals surface area contributed by atoms with Crippen LogP contribution in [0.1, 0.15) is 25.3 Å². The second kappa shape index (κ2) is 8.34. The molecule has 1 aliphatic rings. The average Bonchev–Trinajstić information content (AvgIpc) is 2.98. The molecule has 1 aromatic rings. The van der Waals surface area contributed by atoms with Crippen LogP contribution in [0.5, 0.6) is 11.5 Å². The van der Waals surface area contributed by atoms with Gasteiger partial charge in [0.2, 0.25) is 12.7 Å². The molecule has 0 saturated heterocycles. The molecule has 1 heterocycles. The van der Waals surface area contributed by atoms with E-state index in [0.29, 0.717) is 18.6 Å². The highest BCUT2D eigenvalue weighted by molar-refractivity contribution is 5.76. The third-order valence-electron chi connectivity index (χ3n) is 3.52. The quantitative estimate of drug-likeness (QED) is 0.503. The lowest BCUT2D eigenvalue weighted by Crippen LogP contribution is -2.36. The van der Waals surface area contributed by atoms with Crippen molar-refractivity contribution in [3.63, 3.8) is 0 Å². The Morgan fingerprint density at radius 2 is 2.21 bits per heavy atom. The third kappa shape index (κ3) is 5.58. The first-order chi connectivity index (χ1) is 11.4. The summed E-state index contributed by atoms with van der Waals surface area (Å²) in [4.78, 5) is 26.1. The number of amides is 1. The average molecular weight is 339 g/mol. The van der Waals surface area contributed by atoms with Crippen molar-refractivity contribution in [2.45, 2.75) is 38.3 Å². The van der Waals surface area contributed by atoms with E-state index in [1.807, 2.05) is 25.1 Å². The predicted molar refractivity (Wildman–Crippen MR) is 84.0 cm³/mol. The molecular formula is C15H21N3O6. The second-order valence-electron chi connectivity index (χ2n) is 5.68. The summed E-state index contributed by atoms with van der Waals surface area (Å²) in [7, 11) is 0. The zero-order valence-electron chi connectivity index (χ0n) is 13.4. The molecule has 2 unspecified atom stereocenters. The molecule has 0 bridgehead atoms. The minimum absolute atomic E-state index is 0.0656. The predicted octanol–water partition coefficient (Wildman–Crippen LogP) is 0.778. The van der Waals surface area contributed by atoms with Gasteiger partial charge in [0.25, 0.3) is 5.09 Å². The standard InChI is InChI=1S/C15H21N3O6/c1-10(6-11-2-4-13-14(7-11)23-9-22-13)17-15(19)5-3-12(16)8-24-18(20)21/h2,4,7,10,12H,3,5-6,8-9,16H2,1H3,(H,17,19). The fraction of sp³-hybridized carbons (Fsp3) is 0.533. The van der Waals surface area contributed by atoms with Crippen molar-refractivity contribution in [3.05, 3.63) is 33.9 Å². The molecule has 1 aliphatic heterocycles. The molecular weight excluding hydrogens is 318 g/mol. The Labute approximate surface area is 139 Å². The summed E-state index contributed by atoms with van der Waals surface area (Å²) in [6.45, 7) is 1.91. The van der Waals surface area contributed by atoms with Crippen molar-refractivity contribution in [1.82, 2.24) is 5.32 Å². The van der Waals surface area contributed by atoms with Gasteiger partial charge in [0.15, 0.2) is 11.5 Å². The molecule has 24 heavy (non-hydrogen) atoms. The van der Waals surface area contributed by atoms with Gasteiger partial charge in [-0.1, -0.05) is 6.07 Å². The van der Waals surface area contributed by atoms with E-state index in [-0.39, 0.29) is 31.8 Å². The maximum atomic E-state index is 11.9. The van der Waals surface area contributed by atoms with Crippen molar-refractivity contribution in [2.24, 2.45) is 5.73 Å². The van der Waals surface area contributed by atoms with Crippen molar-refractivity contribution in [2.75, 3.05) is 13.4 Å². The maximum Gasteiger partial charge on any atom is 0.294 e. The van der Waals surface area contributed by atoms with Gasteiger partial charge >= 0.3 is 0 Å². The number of rotatable bonds is 9. The number of carbonyl (C=O) groups excluding carboxylic acids is 1. The van der Waals surface area contributed by atoms with E-state index < -0.39 is 11.1 Å². The number of carbonyl (C=O) groups is 1. The molecule has 0 aromatic heterocycles. The highest BCUT2D eigenvalue weighted by atomic mass is 16.9. The molecule has 0 fully saturated rings. The van der Waals surface area contributed by atoms with Crippen molar-refractivity contribution < 1.29 is 24.2 Å². The fourth-order valence-corrected chi connectivity index (χ4v) is 2.38. The van der Waals surface area contributed by atoms with Crippen molar-refractivity contribution in [1.29, 1.82) is 0 Å². The molecule has 0 saturated carbocycles. The third-order valence-corrected chi connectivity index (χ3v) is 3.52. The van der Waals surface area contributed by atoms with Gasteiger partial charge in [0.05, 0.1) is 0 Å². The van der Waals surface area contributed by atoms with Gasteiger partial charge in [0, 0.05) is 18.5 Å². The van der Waals surface area contributed by atoms with Gasteiger partial charge in [-0.2, -0.15) is 0 Å². The van der Waals surface area contributed by atoms with Gasteiger partial charge in [-0.25, -0.2) is 0 Å². The summed E-state index contributed by atoms with van der Waals surface area (Å²) in [6, 6.07) is 5.06. The van der Waals surface area contributed by atoms with Crippen LogP contribution < -0.4 is 20.5 Å². The molecule has 9 heteroatoms. The normalized spacial score (nSPS) is 14.8. The molecule has 0 radical (unpaired) electrons. The Morgan fingerprint density at radius 1 is 1.46 bits per heavy atom. The SMILES string of the molecule is CC(Cc1ccc2c(c1)OCO2)NC(=O)CCC(N)CO[N+](=O)[O-]. The second-order valence-corrected chi connectivity index (χ2v) is 5.68. The first-order valence-electron chi connectivity index (χ1n) is 7.65. The lowest BCUT2D eigenvalue weighted by atomic mass is 10.1. The van der Waals surface area contributed by atoms with Crippen molar-refractivity contribution in [3.8, 4) is 11.5 Å². The van der Waals surface area contributed by atoms with Crippen LogP contribution in [-0.2, 0) is 16.1 Å². The first kappa shape index (κ1) is 17.8. The van der Waals surface area contributed by atoms with Gasteiger partial charge < -0.3 is 25.4 Å². The van der Waals surface area contributed by atoms with Crippen LogP contribution in [0.25, 0.3) is 0 Å². The van der Waals surface area contributed by atoms with Crippen LogP contribution in [0.4, 0.5) is 0 Å². The summed E-state index contributed by atoms with van der Waals surface area (Å²) < 4.78 is 10.6. The zero-order chi connectivity index (χ0) is 17.5. The van der Waals surface area contributed by atoms with E-state index >= 15 is 0 Å². The largest absolute Gasteiger partial charge is 0.454 e. The highest BCUT2D eigenvalue weighted by Gasteiger charge is 2.15. The van der Waals surface area contributed by atoms with E-state index in [1.54, 1.807) is 0 Å². The number of benzene rings is 1. The number of fused-ring (bicyclic) bond motifs is 1. The van der Waals surface area contributed by atoms with Crippen LogP contribution in [-0.4, -0.2) is 36.5 Å². The Balaban J connectivity index is 1.70. The molecule has 0 spiro atoms. The lowest BCUT2D eigenvalue weighted by molar-refractivity contribution is -0.758.